The van der Waals surface area contributed by atoms with Crippen molar-refractivity contribution in [2.45, 2.75) is 13.3 Å². The first kappa shape index (κ1) is 9.84. The fourth-order valence-corrected chi connectivity index (χ4v) is 1.46. The van der Waals surface area contributed by atoms with Crippen LogP contribution in [0.3, 0.4) is 0 Å². The Kier molecular flexibility index (Phi) is 3.08. The molecule has 0 bridgehead atoms. The zero-order valence-corrected chi connectivity index (χ0v) is 8.77. The second kappa shape index (κ2) is 4.69. The average Bonchev–Trinajstić information content (AvgIpc) is 2.71. The first-order valence-electron chi connectivity index (χ1n) is 5.06. The van der Waals surface area contributed by atoms with Crippen molar-refractivity contribution < 1.29 is 9.47 Å². The largest absolute Gasteiger partial charge is 0.454 e. The van der Waals surface area contributed by atoms with Crippen molar-refractivity contribution in [2.24, 2.45) is 0 Å². The van der Waals surface area contributed by atoms with Gasteiger partial charge in [0.05, 0.1) is 0 Å². The van der Waals surface area contributed by atoms with Crippen LogP contribution in [0.2, 0.25) is 0 Å². The first-order chi connectivity index (χ1) is 7.40. The molecule has 2 rings (SSSR count). The van der Waals surface area contributed by atoms with Crippen molar-refractivity contribution in [1.82, 2.24) is 0 Å². The van der Waals surface area contributed by atoms with Gasteiger partial charge in [-0.15, -0.1) is 0 Å². The van der Waals surface area contributed by atoms with Gasteiger partial charge in [0, 0.05) is 0 Å². The topological polar surface area (TPSA) is 18.5 Å². The second-order valence-corrected chi connectivity index (χ2v) is 3.35. The number of allylic oxidation sites excluding steroid dienone is 4. The third kappa shape index (κ3) is 2.40. The molecule has 78 valence electrons. The monoisotopic (exact) mass is 202 g/mol. The smallest absolute Gasteiger partial charge is 0.231 e. The minimum absolute atomic E-state index is 0.340. The lowest BCUT2D eigenvalue weighted by atomic mass is 10.1. The van der Waals surface area contributed by atoms with E-state index >= 15 is 0 Å². The Labute approximate surface area is 89.8 Å². The van der Waals surface area contributed by atoms with E-state index in [-0.39, 0.29) is 0 Å². The first-order valence-corrected chi connectivity index (χ1v) is 5.06. The lowest BCUT2D eigenvalue weighted by molar-refractivity contribution is 0.174. The molecule has 2 nitrogen and oxygen atoms in total. The lowest BCUT2D eigenvalue weighted by Crippen LogP contribution is -1.92. The van der Waals surface area contributed by atoms with Crippen molar-refractivity contribution in [3.63, 3.8) is 0 Å². The molecule has 0 radical (unpaired) electrons. The number of hydrogen-bond acceptors (Lipinski definition) is 2. The van der Waals surface area contributed by atoms with E-state index in [9.17, 15) is 0 Å². The summed E-state index contributed by atoms with van der Waals surface area (Å²) in [7, 11) is 0. The summed E-state index contributed by atoms with van der Waals surface area (Å²) < 4.78 is 10.6. The Bertz CT molecular complexity index is 392. The van der Waals surface area contributed by atoms with Gasteiger partial charge in [-0.25, -0.2) is 0 Å². The van der Waals surface area contributed by atoms with E-state index in [0.29, 0.717) is 6.79 Å². The van der Waals surface area contributed by atoms with Crippen molar-refractivity contribution in [3.8, 4) is 11.5 Å². The van der Waals surface area contributed by atoms with Gasteiger partial charge < -0.3 is 9.47 Å². The molecule has 1 heterocycles. The Morgan fingerprint density at radius 3 is 2.93 bits per heavy atom. The summed E-state index contributed by atoms with van der Waals surface area (Å²) in [6.07, 6.45) is 9.12. The molecule has 1 aromatic rings. The third-order valence-corrected chi connectivity index (χ3v) is 2.23. The molecule has 0 spiro atoms. The predicted octanol–water partition coefficient (Wildman–Crippen LogP) is 3.09. The zero-order chi connectivity index (χ0) is 10.5. The van der Waals surface area contributed by atoms with Gasteiger partial charge in [-0.1, -0.05) is 30.4 Å². The van der Waals surface area contributed by atoms with E-state index in [1.165, 1.54) is 5.56 Å². The van der Waals surface area contributed by atoms with Crippen LogP contribution in [0.5, 0.6) is 11.5 Å². The average molecular weight is 202 g/mol. The molecule has 2 heteroatoms. The van der Waals surface area contributed by atoms with Crippen LogP contribution < -0.4 is 9.47 Å². The molecule has 0 unspecified atom stereocenters. The van der Waals surface area contributed by atoms with Crippen LogP contribution in [-0.4, -0.2) is 6.79 Å². The fourth-order valence-electron chi connectivity index (χ4n) is 1.46. The third-order valence-electron chi connectivity index (χ3n) is 2.23. The normalized spacial score (nSPS) is 14.2. The van der Waals surface area contributed by atoms with Crippen molar-refractivity contribution >= 4 is 0 Å². The highest BCUT2D eigenvalue weighted by molar-refractivity contribution is 5.44. The lowest BCUT2D eigenvalue weighted by Gasteiger charge is -1.98. The summed E-state index contributed by atoms with van der Waals surface area (Å²) in [5.74, 6) is 1.70. The number of benzene rings is 1. The maximum absolute atomic E-state index is 5.31. The SMILES string of the molecule is CC=CC=CCc1ccc2c(c1)OCO2. The van der Waals surface area contributed by atoms with E-state index in [1.807, 2.05) is 37.3 Å². The summed E-state index contributed by atoms with van der Waals surface area (Å²) in [4.78, 5) is 0. The molecule has 15 heavy (non-hydrogen) atoms. The van der Waals surface area contributed by atoms with Gasteiger partial charge >= 0.3 is 0 Å². The van der Waals surface area contributed by atoms with Crippen LogP contribution in [0.25, 0.3) is 0 Å². The van der Waals surface area contributed by atoms with Gasteiger partial charge in [0.25, 0.3) is 0 Å². The quantitative estimate of drug-likeness (QED) is 0.701. The number of ether oxygens (including phenoxy) is 2. The molecular formula is C13H14O2. The molecule has 0 saturated heterocycles. The maximum Gasteiger partial charge on any atom is 0.231 e. The molecule has 0 aromatic heterocycles. The molecule has 1 aliphatic heterocycles. The van der Waals surface area contributed by atoms with E-state index in [1.54, 1.807) is 0 Å². The van der Waals surface area contributed by atoms with Crippen LogP contribution in [0.1, 0.15) is 12.5 Å². The molecular weight excluding hydrogens is 188 g/mol. The minimum atomic E-state index is 0.340. The van der Waals surface area contributed by atoms with Gasteiger partial charge in [0.15, 0.2) is 11.5 Å². The van der Waals surface area contributed by atoms with Crippen LogP contribution in [0.4, 0.5) is 0 Å². The molecule has 0 atom stereocenters. The summed E-state index contributed by atoms with van der Waals surface area (Å²) in [6.45, 7) is 2.35. The predicted molar refractivity (Wildman–Crippen MR) is 60.2 cm³/mol. The fraction of sp³-hybridized carbons (Fsp3) is 0.231. The molecule has 0 aliphatic carbocycles. The van der Waals surface area contributed by atoms with Crippen molar-refractivity contribution in [1.29, 1.82) is 0 Å². The molecule has 1 aromatic carbocycles. The van der Waals surface area contributed by atoms with Gasteiger partial charge in [-0.05, 0) is 31.0 Å². The Morgan fingerprint density at radius 1 is 1.20 bits per heavy atom. The molecule has 0 N–H and O–H groups in total. The van der Waals surface area contributed by atoms with Crippen molar-refractivity contribution in [2.75, 3.05) is 6.79 Å². The highest BCUT2D eigenvalue weighted by Gasteiger charge is 2.12. The van der Waals surface area contributed by atoms with E-state index < -0.39 is 0 Å². The molecule has 0 amide bonds. The van der Waals surface area contributed by atoms with Gasteiger partial charge in [0.1, 0.15) is 0 Å². The van der Waals surface area contributed by atoms with Crippen LogP contribution in [0.15, 0.2) is 42.5 Å². The number of hydrogen-bond donors (Lipinski definition) is 0. The standard InChI is InChI=1S/C13H14O2/c1-2-3-4-5-6-11-7-8-12-13(9-11)15-10-14-12/h2-5,7-9H,6,10H2,1H3. The molecule has 1 aliphatic rings. The minimum Gasteiger partial charge on any atom is -0.454 e. The highest BCUT2D eigenvalue weighted by Crippen LogP contribution is 2.32. The maximum atomic E-state index is 5.31. The van der Waals surface area contributed by atoms with Crippen LogP contribution in [-0.2, 0) is 6.42 Å². The van der Waals surface area contributed by atoms with Gasteiger partial charge in [-0.3, -0.25) is 0 Å². The zero-order valence-electron chi connectivity index (χ0n) is 8.77. The van der Waals surface area contributed by atoms with Gasteiger partial charge in [0.2, 0.25) is 6.79 Å². The summed E-state index contributed by atoms with van der Waals surface area (Å²) in [5.41, 5.74) is 1.24. The number of rotatable bonds is 3. The van der Waals surface area contributed by atoms with Crippen LogP contribution >= 0.6 is 0 Å². The molecule has 0 fully saturated rings. The van der Waals surface area contributed by atoms with Gasteiger partial charge in [-0.2, -0.15) is 0 Å². The van der Waals surface area contributed by atoms with E-state index in [2.05, 4.69) is 12.1 Å². The van der Waals surface area contributed by atoms with Crippen LogP contribution in [0, 0.1) is 0 Å². The van der Waals surface area contributed by atoms with Crippen molar-refractivity contribution in [3.05, 3.63) is 48.1 Å². The second-order valence-electron chi connectivity index (χ2n) is 3.35. The summed E-state index contributed by atoms with van der Waals surface area (Å²) in [5, 5.41) is 0. The molecule has 0 saturated carbocycles. The van der Waals surface area contributed by atoms with E-state index in [4.69, 9.17) is 9.47 Å². The Morgan fingerprint density at radius 2 is 2.07 bits per heavy atom. The number of fused-ring (bicyclic) bond motifs is 1. The summed E-state index contributed by atoms with van der Waals surface area (Å²) in [6, 6.07) is 6.05. The Balaban J connectivity index is 2.04. The van der Waals surface area contributed by atoms with E-state index in [0.717, 1.165) is 17.9 Å². The Hall–Kier alpha value is -1.70. The summed E-state index contributed by atoms with van der Waals surface area (Å²) >= 11 is 0. The highest BCUT2D eigenvalue weighted by atomic mass is 16.7.